The van der Waals surface area contributed by atoms with E-state index in [2.05, 4.69) is 25.2 Å². The van der Waals surface area contributed by atoms with Gasteiger partial charge in [-0.3, -0.25) is 4.79 Å². The number of hydrogen-bond acceptors (Lipinski definition) is 2. The Labute approximate surface area is 135 Å². The van der Waals surface area contributed by atoms with Gasteiger partial charge in [-0.1, -0.05) is 36.4 Å². The molecule has 118 valence electrons. The van der Waals surface area contributed by atoms with Crippen molar-refractivity contribution in [3.63, 3.8) is 0 Å². The number of hydrogen-bond donors (Lipinski definition) is 1. The van der Waals surface area contributed by atoms with E-state index in [9.17, 15) is 4.79 Å². The van der Waals surface area contributed by atoms with Gasteiger partial charge >= 0.3 is 0 Å². The second-order valence-electron chi connectivity index (χ2n) is 6.47. The van der Waals surface area contributed by atoms with Gasteiger partial charge in [0.25, 0.3) is 5.91 Å². The van der Waals surface area contributed by atoms with Crippen LogP contribution in [-0.4, -0.2) is 44.0 Å². The van der Waals surface area contributed by atoms with Crippen molar-refractivity contribution >= 4 is 27.6 Å². The highest BCUT2D eigenvalue weighted by molar-refractivity contribution is 6.08. The Morgan fingerprint density at radius 3 is 2.61 bits per heavy atom. The van der Waals surface area contributed by atoms with Crippen LogP contribution in [0.15, 0.2) is 40.8 Å². The maximum atomic E-state index is 12.9. The molecule has 1 saturated heterocycles. The van der Waals surface area contributed by atoms with Crippen LogP contribution >= 0.6 is 0 Å². The third-order valence-corrected chi connectivity index (χ3v) is 4.93. The van der Waals surface area contributed by atoms with Gasteiger partial charge in [-0.15, -0.1) is 0 Å². The van der Waals surface area contributed by atoms with Crippen molar-refractivity contribution in [3.8, 4) is 0 Å². The van der Waals surface area contributed by atoms with E-state index in [0.29, 0.717) is 5.76 Å². The van der Waals surface area contributed by atoms with E-state index >= 15 is 0 Å². The van der Waals surface area contributed by atoms with Crippen molar-refractivity contribution < 1.29 is 14.1 Å². The number of amides is 1. The standard InChI is InChI=1S/C19H20N2O2/c1-13-15-8-7-14-5-3-4-6-16(14)18(15)23-17(13)19(22)21-11-9-20(2)10-12-21/h3-8H,9-12H2,1-2H3/p+1. The smallest absolute Gasteiger partial charge is 0.290 e. The number of quaternary nitrogens is 1. The molecule has 0 aliphatic carbocycles. The number of fused-ring (bicyclic) bond motifs is 3. The Bertz CT molecular complexity index is 889. The summed E-state index contributed by atoms with van der Waals surface area (Å²) >= 11 is 0. The first kappa shape index (κ1) is 14.3. The predicted molar refractivity (Wildman–Crippen MR) is 91.0 cm³/mol. The van der Waals surface area contributed by atoms with Crippen LogP contribution in [0, 0.1) is 6.92 Å². The third kappa shape index (κ3) is 2.30. The number of nitrogens with one attached hydrogen (secondary N) is 1. The Balaban J connectivity index is 1.80. The maximum Gasteiger partial charge on any atom is 0.290 e. The molecule has 1 amide bonds. The van der Waals surface area contributed by atoms with Crippen molar-refractivity contribution in [2.24, 2.45) is 0 Å². The summed E-state index contributed by atoms with van der Waals surface area (Å²) in [7, 11) is 2.17. The normalized spacial score (nSPS) is 16.3. The van der Waals surface area contributed by atoms with Crippen LogP contribution in [0.4, 0.5) is 0 Å². The third-order valence-electron chi connectivity index (χ3n) is 4.93. The van der Waals surface area contributed by atoms with Gasteiger partial charge in [-0.2, -0.15) is 0 Å². The molecule has 0 atom stereocenters. The van der Waals surface area contributed by atoms with Crippen LogP contribution < -0.4 is 4.90 Å². The number of benzene rings is 2. The molecule has 2 aromatic carbocycles. The molecular formula is C19H21N2O2+. The summed E-state index contributed by atoms with van der Waals surface area (Å²) < 4.78 is 6.06. The molecule has 0 spiro atoms. The van der Waals surface area contributed by atoms with E-state index in [1.54, 1.807) is 0 Å². The summed E-state index contributed by atoms with van der Waals surface area (Å²) in [5, 5.41) is 3.23. The lowest BCUT2D eigenvalue weighted by atomic mass is 10.1. The van der Waals surface area contributed by atoms with Gasteiger partial charge in [0, 0.05) is 16.3 Å². The van der Waals surface area contributed by atoms with Gasteiger partial charge in [0.15, 0.2) is 5.76 Å². The van der Waals surface area contributed by atoms with Crippen molar-refractivity contribution in [1.29, 1.82) is 0 Å². The van der Waals surface area contributed by atoms with Gasteiger partial charge in [0.05, 0.1) is 33.2 Å². The monoisotopic (exact) mass is 309 g/mol. The Morgan fingerprint density at radius 1 is 1.09 bits per heavy atom. The van der Waals surface area contributed by atoms with E-state index in [1.807, 2.05) is 30.0 Å². The molecule has 4 nitrogen and oxygen atoms in total. The second kappa shape index (κ2) is 5.39. The summed E-state index contributed by atoms with van der Waals surface area (Å²) in [6.07, 6.45) is 0. The largest absolute Gasteiger partial charge is 0.450 e. The van der Waals surface area contributed by atoms with Gasteiger partial charge in [0.2, 0.25) is 0 Å². The fourth-order valence-electron chi connectivity index (χ4n) is 3.39. The first-order valence-electron chi connectivity index (χ1n) is 8.16. The number of furan rings is 1. The zero-order valence-corrected chi connectivity index (χ0v) is 13.6. The first-order valence-corrected chi connectivity index (χ1v) is 8.16. The van der Waals surface area contributed by atoms with Gasteiger partial charge in [0.1, 0.15) is 5.58 Å². The SMILES string of the molecule is Cc1c(C(=O)N2CC[NH+](C)CC2)oc2c1ccc1ccccc12. The minimum absolute atomic E-state index is 0.0234. The average molecular weight is 309 g/mol. The number of piperazine rings is 1. The quantitative estimate of drug-likeness (QED) is 0.745. The van der Waals surface area contributed by atoms with Crippen molar-refractivity contribution in [3.05, 3.63) is 47.7 Å². The summed E-state index contributed by atoms with van der Waals surface area (Å²) in [5.74, 6) is 0.520. The van der Waals surface area contributed by atoms with Crippen LogP contribution in [0.5, 0.6) is 0 Å². The Morgan fingerprint density at radius 2 is 1.83 bits per heavy atom. The van der Waals surface area contributed by atoms with E-state index in [0.717, 1.165) is 53.5 Å². The number of carbonyl (C=O) groups excluding carboxylic acids is 1. The lowest BCUT2D eigenvalue weighted by Gasteiger charge is -2.29. The van der Waals surface area contributed by atoms with Crippen molar-refractivity contribution in [1.82, 2.24) is 4.90 Å². The lowest BCUT2D eigenvalue weighted by Crippen LogP contribution is -3.12. The minimum atomic E-state index is 0.0234. The molecule has 0 radical (unpaired) electrons. The summed E-state index contributed by atoms with van der Waals surface area (Å²) in [5.41, 5.74) is 1.77. The molecule has 4 rings (SSSR count). The average Bonchev–Trinajstić information content (AvgIpc) is 2.92. The second-order valence-corrected chi connectivity index (χ2v) is 6.47. The molecule has 0 bridgehead atoms. The highest BCUT2D eigenvalue weighted by atomic mass is 16.3. The van der Waals surface area contributed by atoms with Crippen LogP contribution in [0.1, 0.15) is 16.1 Å². The number of rotatable bonds is 1. The molecule has 0 unspecified atom stereocenters. The molecule has 4 heteroatoms. The molecule has 1 fully saturated rings. The first-order chi connectivity index (χ1) is 11.1. The number of nitrogens with zero attached hydrogens (tertiary/aromatic N) is 1. The number of aryl methyl sites for hydroxylation is 1. The number of likely N-dealkylation sites (N-methyl/N-ethyl adjacent to an activating group) is 1. The molecule has 1 aliphatic heterocycles. The fourth-order valence-corrected chi connectivity index (χ4v) is 3.39. The van der Waals surface area contributed by atoms with Gasteiger partial charge in [-0.05, 0) is 12.3 Å². The highest BCUT2D eigenvalue weighted by Crippen LogP contribution is 2.32. The molecule has 23 heavy (non-hydrogen) atoms. The van der Waals surface area contributed by atoms with Crippen molar-refractivity contribution in [2.45, 2.75) is 6.92 Å². The van der Waals surface area contributed by atoms with E-state index in [-0.39, 0.29) is 5.91 Å². The minimum Gasteiger partial charge on any atom is -0.450 e. The Kier molecular flexibility index (Phi) is 3.34. The summed E-state index contributed by atoms with van der Waals surface area (Å²) in [6.45, 7) is 5.56. The van der Waals surface area contributed by atoms with E-state index in [1.165, 1.54) is 4.90 Å². The van der Waals surface area contributed by atoms with E-state index in [4.69, 9.17) is 4.42 Å². The molecule has 0 saturated carbocycles. The van der Waals surface area contributed by atoms with Gasteiger partial charge in [-0.25, -0.2) is 0 Å². The highest BCUT2D eigenvalue weighted by Gasteiger charge is 2.27. The lowest BCUT2D eigenvalue weighted by molar-refractivity contribution is -0.883. The molecule has 2 heterocycles. The topological polar surface area (TPSA) is 37.9 Å². The predicted octanol–water partition coefficient (Wildman–Crippen LogP) is 1.86. The molecule has 1 aromatic heterocycles. The molecule has 3 aromatic rings. The molecular weight excluding hydrogens is 288 g/mol. The van der Waals surface area contributed by atoms with Crippen LogP contribution in [0.3, 0.4) is 0 Å². The zero-order chi connectivity index (χ0) is 16.0. The zero-order valence-electron chi connectivity index (χ0n) is 13.6. The van der Waals surface area contributed by atoms with Crippen LogP contribution in [0.2, 0.25) is 0 Å². The van der Waals surface area contributed by atoms with E-state index < -0.39 is 0 Å². The Hall–Kier alpha value is -2.33. The van der Waals surface area contributed by atoms with Crippen LogP contribution in [-0.2, 0) is 0 Å². The summed E-state index contributed by atoms with van der Waals surface area (Å²) in [6, 6.07) is 12.3. The fraction of sp³-hybridized carbons (Fsp3) is 0.316. The maximum absolute atomic E-state index is 12.9. The molecule has 1 aliphatic rings. The number of carbonyl (C=O) groups is 1. The van der Waals surface area contributed by atoms with Gasteiger partial charge < -0.3 is 14.2 Å². The van der Waals surface area contributed by atoms with Crippen molar-refractivity contribution in [2.75, 3.05) is 33.2 Å². The van der Waals surface area contributed by atoms with Crippen LogP contribution in [0.25, 0.3) is 21.7 Å². The summed E-state index contributed by atoms with van der Waals surface area (Å²) in [4.78, 5) is 16.2. The molecule has 1 N–H and O–H groups in total.